The van der Waals surface area contributed by atoms with Crippen LogP contribution in [-0.2, 0) is 4.79 Å². The van der Waals surface area contributed by atoms with Gasteiger partial charge in [0.1, 0.15) is 6.29 Å². The molecule has 2 rings (SSSR count). The van der Waals surface area contributed by atoms with Crippen molar-refractivity contribution in [2.45, 2.75) is 90.9 Å². The minimum absolute atomic E-state index is 0.385. The second-order valence-corrected chi connectivity index (χ2v) is 8.08. The third-order valence-electron chi connectivity index (χ3n) is 6.65. The lowest BCUT2D eigenvalue weighted by Gasteiger charge is -2.34. The van der Waals surface area contributed by atoms with Crippen molar-refractivity contribution in [1.82, 2.24) is 0 Å². The predicted molar refractivity (Wildman–Crippen MR) is 90.3 cm³/mol. The Labute approximate surface area is 132 Å². The fourth-order valence-electron chi connectivity index (χ4n) is 4.73. The fourth-order valence-corrected chi connectivity index (χ4v) is 4.73. The van der Waals surface area contributed by atoms with Gasteiger partial charge in [-0.3, -0.25) is 0 Å². The molecule has 0 heterocycles. The lowest BCUT2D eigenvalue weighted by Crippen LogP contribution is -2.24. The van der Waals surface area contributed by atoms with Crippen LogP contribution in [0, 0.1) is 29.6 Å². The van der Waals surface area contributed by atoms with Gasteiger partial charge in [-0.15, -0.1) is 0 Å². The highest BCUT2D eigenvalue weighted by atomic mass is 16.1. The molecule has 0 bridgehead atoms. The van der Waals surface area contributed by atoms with E-state index in [0.29, 0.717) is 5.92 Å². The van der Waals surface area contributed by atoms with Crippen LogP contribution in [-0.4, -0.2) is 6.29 Å². The first-order valence-electron chi connectivity index (χ1n) is 9.66. The number of carbonyl (C=O) groups is 1. The van der Waals surface area contributed by atoms with Crippen LogP contribution in [0.1, 0.15) is 90.9 Å². The summed E-state index contributed by atoms with van der Waals surface area (Å²) in [6.07, 6.45) is 17.7. The molecule has 0 spiro atoms. The van der Waals surface area contributed by atoms with E-state index in [1.54, 1.807) is 0 Å². The van der Waals surface area contributed by atoms with E-state index in [1.165, 1.54) is 70.5 Å². The SMILES string of the molecule is CC1CCCC(CCCCCC2CCC(C=O)CC2)C1C. The number of carbonyl (C=O) groups excluding carboxylic acids is 1. The van der Waals surface area contributed by atoms with Gasteiger partial charge in [0, 0.05) is 5.92 Å². The molecule has 0 aliphatic heterocycles. The Morgan fingerprint density at radius 1 is 0.857 bits per heavy atom. The van der Waals surface area contributed by atoms with Gasteiger partial charge in [-0.05, 0) is 49.4 Å². The first-order chi connectivity index (χ1) is 10.2. The molecule has 2 aliphatic rings. The molecule has 0 aromatic rings. The zero-order valence-electron chi connectivity index (χ0n) is 14.4. The minimum Gasteiger partial charge on any atom is -0.303 e. The highest BCUT2D eigenvalue weighted by Gasteiger charge is 2.26. The van der Waals surface area contributed by atoms with E-state index in [0.717, 1.165) is 36.5 Å². The molecular formula is C20H36O. The van der Waals surface area contributed by atoms with Crippen molar-refractivity contribution in [1.29, 1.82) is 0 Å². The maximum absolute atomic E-state index is 10.8. The lowest BCUT2D eigenvalue weighted by atomic mass is 9.72. The van der Waals surface area contributed by atoms with Crippen LogP contribution in [0.3, 0.4) is 0 Å². The highest BCUT2D eigenvalue weighted by molar-refractivity contribution is 5.53. The van der Waals surface area contributed by atoms with E-state index in [1.807, 2.05) is 0 Å². The third-order valence-corrected chi connectivity index (χ3v) is 6.65. The van der Waals surface area contributed by atoms with Crippen LogP contribution in [0.5, 0.6) is 0 Å². The zero-order chi connectivity index (χ0) is 15.1. The van der Waals surface area contributed by atoms with Gasteiger partial charge in [0.2, 0.25) is 0 Å². The second kappa shape index (κ2) is 8.96. The standard InChI is InChI=1S/C20H36O/c1-16-7-6-10-20(17(16)2)9-5-3-4-8-18-11-13-19(15-21)14-12-18/h15-20H,3-14H2,1-2H3. The van der Waals surface area contributed by atoms with Gasteiger partial charge in [-0.2, -0.15) is 0 Å². The quantitative estimate of drug-likeness (QED) is 0.414. The molecule has 0 N–H and O–H groups in total. The molecule has 2 saturated carbocycles. The maximum Gasteiger partial charge on any atom is 0.123 e. The predicted octanol–water partition coefficient (Wildman–Crippen LogP) is 6.01. The molecule has 122 valence electrons. The summed E-state index contributed by atoms with van der Waals surface area (Å²) in [5, 5.41) is 0. The van der Waals surface area contributed by atoms with Crippen molar-refractivity contribution in [3.63, 3.8) is 0 Å². The normalized spacial score (nSPS) is 37.3. The summed E-state index contributed by atoms with van der Waals surface area (Å²) >= 11 is 0. The van der Waals surface area contributed by atoms with E-state index in [2.05, 4.69) is 13.8 Å². The lowest BCUT2D eigenvalue weighted by molar-refractivity contribution is -0.112. The molecule has 2 fully saturated rings. The first-order valence-corrected chi connectivity index (χ1v) is 9.66. The average Bonchev–Trinajstić information content (AvgIpc) is 2.51. The topological polar surface area (TPSA) is 17.1 Å². The van der Waals surface area contributed by atoms with Crippen molar-refractivity contribution >= 4 is 6.29 Å². The molecule has 1 nitrogen and oxygen atoms in total. The summed E-state index contributed by atoms with van der Waals surface area (Å²) in [6, 6.07) is 0. The third kappa shape index (κ3) is 5.42. The van der Waals surface area contributed by atoms with Gasteiger partial charge in [0.05, 0.1) is 0 Å². The van der Waals surface area contributed by atoms with Gasteiger partial charge in [0.25, 0.3) is 0 Å². The second-order valence-electron chi connectivity index (χ2n) is 8.08. The van der Waals surface area contributed by atoms with Crippen LogP contribution in [0.4, 0.5) is 0 Å². The smallest absolute Gasteiger partial charge is 0.123 e. The summed E-state index contributed by atoms with van der Waals surface area (Å²) in [5.74, 6) is 4.23. The number of rotatable bonds is 7. The molecule has 3 unspecified atom stereocenters. The summed E-state index contributed by atoms with van der Waals surface area (Å²) in [4.78, 5) is 10.8. The van der Waals surface area contributed by atoms with Crippen molar-refractivity contribution in [3.8, 4) is 0 Å². The number of unbranched alkanes of at least 4 members (excludes halogenated alkanes) is 2. The van der Waals surface area contributed by atoms with Crippen LogP contribution in [0.15, 0.2) is 0 Å². The Bertz CT molecular complexity index is 290. The summed E-state index contributed by atoms with van der Waals surface area (Å²) in [7, 11) is 0. The van der Waals surface area contributed by atoms with Gasteiger partial charge >= 0.3 is 0 Å². The average molecular weight is 293 g/mol. The van der Waals surface area contributed by atoms with E-state index in [-0.39, 0.29) is 0 Å². The van der Waals surface area contributed by atoms with E-state index in [9.17, 15) is 4.79 Å². The Hall–Kier alpha value is -0.330. The Morgan fingerprint density at radius 3 is 2.29 bits per heavy atom. The van der Waals surface area contributed by atoms with E-state index >= 15 is 0 Å². The van der Waals surface area contributed by atoms with Gasteiger partial charge in [0.15, 0.2) is 0 Å². The molecular weight excluding hydrogens is 256 g/mol. The Morgan fingerprint density at radius 2 is 1.57 bits per heavy atom. The molecule has 0 amide bonds. The van der Waals surface area contributed by atoms with Crippen LogP contribution in [0.25, 0.3) is 0 Å². The molecule has 0 aromatic heterocycles. The summed E-state index contributed by atoms with van der Waals surface area (Å²) in [5.41, 5.74) is 0. The van der Waals surface area contributed by atoms with Gasteiger partial charge in [-0.25, -0.2) is 0 Å². The molecule has 0 aromatic carbocycles. The monoisotopic (exact) mass is 292 g/mol. The maximum atomic E-state index is 10.8. The van der Waals surface area contributed by atoms with Crippen LogP contribution < -0.4 is 0 Å². The number of hydrogen-bond donors (Lipinski definition) is 0. The fraction of sp³-hybridized carbons (Fsp3) is 0.950. The first kappa shape index (κ1) is 17.0. The molecule has 21 heavy (non-hydrogen) atoms. The van der Waals surface area contributed by atoms with Crippen molar-refractivity contribution in [3.05, 3.63) is 0 Å². The molecule has 2 aliphatic carbocycles. The summed E-state index contributed by atoms with van der Waals surface area (Å²) < 4.78 is 0. The van der Waals surface area contributed by atoms with E-state index < -0.39 is 0 Å². The number of aldehydes is 1. The molecule has 0 saturated heterocycles. The van der Waals surface area contributed by atoms with E-state index in [4.69, 9.17) is 0 Å². The number of hydrogen-bond acceptors (Lipinski definition) is 1. The highest BCUT2D eigenvalue weighted by Crippen LogP contribution is 2.37. The molecule has 1 heteroatoms. The largest absolute Gasteiger partial charge is 0.303 e. The van der Waals surface area contributed by atoms with Gasteiger partial charge < -0.3 is 4.79 Å². The van der Waals surface area contributed by atoms with Crippen LogP contribution in [0.2, 0.25) is 0 Å². The van der Waals surface area contributed by atoms with Gasteiger partial charge in [-0.1, -0.05) is 65.2 Å². The Balaban J connectivity index is 1.51. The molecule has 3 atom stereocenters. The molecule has 0 radical (unpaired) electrons. The van der Waals surface area contributed by atoms with Crippen LogP contribution >= 0.6 is 0 Å². The van der Waals surface area contributed by atoms with Crippen molar-refractivity contribution in [2.24, 2.45) is 29.6 Å². The minimum atomic E-state index is 0.385. The Kier molecular flexibility index (Phi) is 7.26. The van der Waals surface area contributed by atoms with Crippen molar-refractivity contribution in [2.75, 3.05) is 0 Å². The van der Waals surface area contributed by atoms with Crippen molar-refractivity contribution < 1.29 is 4.79 Å². The zero-order valence-corrected chi connectivity index (χ0v) is 14.4. The summed E-state index contributed by atoms with van der Waals surface area (Å²) in [6.45, 7) is 4.94.